The lowest BCUT2D eigenvalue weighted by molar-refractivity contribution is 0.235. The van der Waals surface area contributed by atoms with Crippen molar-refractivity contribution in [1.29, 1.82) is 0 Å². The molecular formula is C13H28N4. The average molecular weight is 240 g/mol. The summed E-state index contributed by atoms with van der Waals surface area (Å²) in [5.41, 5.74) is 0. The summed E-state index contributed by atoms with van der Waals surface area (Å²) in [6.45, 7) is 16.8. The van der Waals surface area contributed by atoms with Gasteiger partial charge < -0.3 is 0 Å². The van der Waals surface area contributed by atoms with E-state index in [0.717, 1.165) is 26.2 Å². The highest BCUT2D eigenvalue weighted by Crippen LogP contribution is 2.00. The number of hydrogen-bond acceptors (Lipinski definition) is 4. The van der Waals surface area contributed by atoms with E-state index in [1.165, 1.54) is 0 Å². The first-order valence-electron chi connectivity index (χ1n) is 6.73. The molecule has 0 aliphatic carbocycles. The highest BCUT2D eigenvalue weighted by atomic mass is 15.2. The third-order valence-corrected chi connectivity index (χ3v) is 3.17. The van der Waals surface area contributed by atoms with Crippen molar-refractivity contribution in [2.45, 2.75) is 53.9 Å². The Kier molecular flexibility index (Phi) is 8.96. The molecule has 0 aromatic carbocycles. The van der Waals surface area contributed by atoms with E-state index in [1.54, 1.807) is 0 Å². The summed E-state index contributed by atoms with van der Waals surface area (Å²) >= 11 is 0. The highest BCUT2D eigenvalue weighted by Gasteiger charge is 2.08. The molecule has 0 aromatic heterocycles. The van der Waals surface area contributed by atoms with E-state index in [1.807, 2.05) is 0 Å². The number of nitrogens with zero attached hydrogens (tertiary/aromatic N) is 4. The second-order valence-electron chi connectivity index (χ2n) is 4.06. The lowest BCUT2D eigenvalue weighted by Gasteiger charge is -2.22. The highest BCUT2D eigenvalue weighted by molar-refractivity contribution is 5.41. The molecule has 0 aliphatic heterocycles. The summed E-state index contributed by atoms with van der Waals surface area (Å²) in [5.74, 6) is 0. The number of aliphatic imine (C=N–C) groups is 2. The average Bonchev–Trinajstić information content (AvgIpc) is 2.32. The quantitative estimate of drug-likeness (QED) is 0.611. The molecule has 0 spiro atoms. The second-order valence-corrected chi connectivity index (χ2v) is 4.06. The molecule has 0 amide bonds. The minimum absolute atomic E-state index is 0.164. The Morgan fingerprint density at radius 3 is 1.29 bits per heavy atom. The fraction of sp³-hybridized carbons (Fsp3) is 0.923. The van der Waals surface area contributed by atoms with Crippen molar-refractivity contribution < 1.29 is 0 Å². The molecule has 0 saturated carbocycles. The molecule has 0 rings (SSSR count). The molecule has 0 aromatic rings. The van der Waals surface area contributed by atoms with Crippen LogP contribution >= 0.6 is 0 Å². The molecule has 4 nitrogen and oxygen atoms in total. The zero-order chi connectivity index (χ0) is 13.3. The fourth-order valence-corrected chi connectivity index (χ4v) is 1.87. The predicted molar refractivity (Wildman–Crippen MR) is 74.6 cm³/mol. The van der Waals surface area contributed by atoms with Gasteiger partial charge in [-0.15, -0.1) is 0 Å². The van der Waals surface area contributed by atoms with E-state index in [0.29, 0.717) is 0 Å². The van der Waals surface area contributed by atoms with Gasteiger partial charge >= 0.3 is 0 Å². The lowest BCUT2D eigenvalue weighted by atomic mass is 10.4. The minimum atomic E-state index is 0.164. The van der Waals surface area contributed by atoms with Crippen LogP contribution in [0.2, 0.25) is 0 Å². The molecule has 0 heterocycles. The Bertz CT molecular complexity index is 216. The zero-order valence-corrected chi connectivity index (χ0v) is 12.3. The fourth-order valence-electron chi connectivity index (χ4n) is 1.87. The van der Waals surface area contributed by atoms with Gasteiger partial charge in [-0.2, -0.15) is 0 Å². The largest absolute Gasteiger partial charge is 0.282 e. The Morgan fingerprint density at radius 1 is 0.765 bits per heavy atom. The molecular weight excluding hydrogens is 212 g/mol. The number of hydrogen-bond donors (Lipinski definition) is 0. The molecule has 0 bridgehead atoms. The van der Waals surface area contributed by atoms with Crippen LogP contribution in [0.15, 0.2) is 9.98 Å². The smallest absolute Gasteiger partial charge is 0.110 e. The first-order valence-corrected chi connectivity index (χ1v) is 6.73. The van der Waals surface area contributed by atoms with Crippen LogP contribution in [-0.2, 0) is 0 Å². The maximum absolute atomic E-state index is 4.34. The van der Waals surface area contributed by atoms with Gasteiger partial charge in [-0.05, 0) is 40.0 Å². The van der Waals surface area contributed by atoms with Crippen molar-refractivity contribution >= 4 is 6.01 Å². The Balaban J connectivity index is 4.39. The molecule has 0 fully saturated rings. The maximum Gasteiger partial charge on any atom is 0.110 e. The van der Waals surface area contributed by atoms with Crippen LogP contribution in [0.5, 0.6) is 0 Å². The predicted octanol–water partition coefficient (Wildman–Crippen LogP) is 2.54. The van der Waals surface area contributed by atoms with E-state index in [9.17, 15) is 0 Å². The minimum Gasteiger partial charge on any atom is -0.282 e. The van der Waals surface area contributed by atoms with Crippen LogP contribution in [0.1, 0.15) is 41.5 Å². The van der Waals surface area contributed by atoms with Gasteiger partial charge in [0.25, 0.3) is 0 Å². The van der Waals surface area contributed by atoms with Gasteiger partial charge in [0.1, 0.15) is 12.3 Å². The van der Waals surface area contributed by atoms with E-state index in [-0.39, 0.29) is 12.3 Å². The summed E-state index contributed by atoms with van der Waals surface area (Å²) in [6, 6.07) is 2.85. The number of rotatable bonds is 8. The van der Waals surface area contributed by atoms with Crippen LogP contribution in [0.4, 0.5) is 0 Å². The third-order valence-electron chi connectivity index (χ3n) is 3.17. The summed E-state index contributed by atoms with van der Waals surface area (Å²) in [7, 11) is 0. The van der Waals surface area contributed by atoms with Gasteiger partial charge in [0.2, 0.25) is 0 Å². The van der Waals surface area contributed by atoms with Gasteiger partial charge in [0.05, 0.1) is 6.01 Å². The SMILES string of the molecule is CCN(CC)C(C)N=C=NC(C)N(CC)CC. The lowest BCUT2D eigenvalue weighted by Crippen LogP contribution is -2.32. The molecule has 2 unspecified atom stereocenters. The summed E-state index contributed by atoms with van der Waals surface area (Å²) in [5, 5.41) is 0. The molecule has 0 aliphatic rings. The van der Waals surface area contributed by atoms with Crippen LogP contribution in [0.25, 0.3) is 0 Å². The molecule has 4 heteroatoms. The van der Waals surface area contributed by atoms with Crippen LogP contribution in [0.3, 0.4) is 0 Å². The van der Waals surface area contributed by atoms with Crippen LogP contribution in [0, 0.1) is 0 Å². The first kappa shape index (κ1) is 16.3. The normalized spacial score (nSPS) is 14.6. The summed E-state index contributed by atoms with van der Waals surface area (Å²) in [6.07, 6.45) is 0.329. The third kappa shape index (κ3) is 5.97. The van der Waals surface area contributed by atoms with Crippen molar-refractivity contribution in [3.63, 3.8) is 0 Å². The van der Waals surface area contributed by atoms with Crippen molar-refractivity contribution in [2.24, 2.45) is 9.98 Å². The first-order chi connectivity index (χ1) is 8.10. The van der Waals surface area contributed by atoms with Gasteiger partial charge in [0.15, 0.2) is 0 Å². The van der Waals surface area contributed by atoms with Gasteiger partial charge in [0, 0.05) is 0 Å². The standard InChI is InChI=1S/C13H28N4/c1-7-16(8-2)12(5)14-11-15-13(6)17(9-3)10-4/h12-13H,7-10H2,1-6H3. The molecule has 2 atom stereocenters. The van der Waals surface area contributed by atoms with Crippen molar-refractivity contribution in [3.8, 4) is 0 Å². The Labute approximate surface area is 106 Å². The van der Waals surface area contributed by atoms with Gasteiger partial charge in [-0.1, -0.05) is 27.7 Å². The van der Waals surface area contributed by atoms with E-state index in [2.05, 4.69) is 67.3 Å². The Hall–Kier alpha value is -0.700. The molecule has 17 heavy (non-hydrogen) atoms. The van der Waals surface area contributed by atoms with Crippen molar-refractivity contribution in [1.82, 2.24) is 9.80 Å². The molecule has 0 saturated heterocycles. The van der Waals surface area contributed by atoms with E-state index < -0.39 is 0 Å². The van der Waals surface area contributed by atoms with E-state index >= 15 is 0 Å². The summed E-state index contributed by atoms with van der Waals surface area (Å²) in [4.78, 5) is 13.2. The van der Waals surface area contributed by atoms with Crippen LogP contribution < -0.4 is 0 Å². The maximum atomic E-state index is 4.34. The molecule has 100 valence electrons. The topological polar surface area (TPSA) is 31.2 Å². The molecule has 0 radical (unpaired) electrons. The van der Waals surface area contributed by atoms with Gasteiger partial charge in [-0.25, -0.2) is 9.98 Å². The van der Waals surface area contributed by atoms with E-state index in [4.69, 9.17) is 0 Å². The second kappa shape index (κ2) is 9.34. The summed E-state index contributed by atoms with van der Waals surface area (Å²) < 4.78 is 0. The van der Waals surface area contributed by atoms with Gasteiger partial charge in [-0.3, -0.25) is 9.80 Å². The Morgan fingerprint density at radius 2 is 1.06 bits per heavy atom. The van der Waals surface area contributed by atoms with Crippen LogP contribution in [-0.4, -0.2) is 54.3 Å². The molecule has 0 N–H and O–H groups in total. The zero-order valence-electron chi connectivity index (χ0n) is 12.3. The van der Waals surface area contributed by atoms with Crippen molar-refractivity contribution in [3.05, 3.63) is 0 Å². The monoisotopic (exact) mass is 240 g/mol. The van der Waals surface area contributed by atoms with Crippen molar-refractivity contribution in [2.75, 3.05) is 26.2 Å².